The summed E-state index contributed by atoms with van der Waals surface area (Å²) in [5, 5.41) is 4.14. The number of nitrogens with one attached hydrogen (secondary N) is 1. The van der Waals surface area contributed by atoms with Crippen LogP contribution in [-0.2, 0) is 9.59 Å². The van der Waals surface area contributed by atoms with Gasteiger partial charge in [-0.25, -0.2) is 0 Å². The van der Waals surface area contributed by atoms with Crippen molar-refractivity contribution >= 4 is 35.0 Å². The monoisotopic (exact) mass is 450 g/mol. The normalized spacial score (nSPS) is 14.3. The Morgan fingerprint density at radius 2 is 1.37 bits per heavy atom. The fraction of sp³-hybridized carbons (Fsp3) is 0.364. The van der Waals surface area contributed by atoms with Gasteiger partial charge in [0, 0.05) is 29.7 Å². The van der Waals surface area contributed by atoms with Crippen molar-refractivity contribution in [1.29, 1.82) is 0 Å². The van der Waals surface area contributed by atoms with Crippen LogP contribution in [0.2, 0.25) is 10.0 Å². The van der Waals surface area contributed by atoms with Crippen LogP contribution in [0.4, 0.5) is 0 Å². The van der Waals surface area contributed by atoms with E-state index in [0.29, 0.717) is 47.1 Å². The lowest BCUT2D eigenvalue weighted by molar-refractivity contribution is -0.135. The maximum Gasteiger partial charge on any atom is 0.260 e. The summed E-state index contributed by atoms with van der Waals surface area (Å²) in [4.78, 5) is 26.1. The van der Waals surface area contributed by atoms with E-state index in [1.54, 1.807) is 53.4 Å². The average Bonchev–Trinajstić information content (AvgIpc) is 2.77. The Hall–Kier alpha value is -2.44. The van der Waals surface area contributed by atoms with Crippen LogP contribution in [0.25, 0.3) is 0 Å². The zero-order valence-corrected chi connectivity index (χ0v) is 18.0. The molecule has 0 atom stereocenters. The molecule has 1 aliphatic rings. The van der Waals surface area contributed by atoms with Crippen molar-refractivity contribution < 1.29 is 19.1 Å². The Kier molecular flexibility index (Phi) is 8.22. The van der Waals surface area contributed by atoms with E-state index >= 15 is 0 Å². The molecule has 1 saturated heterocycles. The molecule has 1 fully saturated rings. The number of halogens is 2. The Morgan fingerprint density at radius 1 is 0.867 bits per heavy atom. The van der Waals surface area contributed by atoms with Gasteiger partial charge in [0.1, 0.15) is 11.5 Å². The Morgan fingerprint density at radius 3 is 1.90 bits per heavy atom. The van der Waals surface area contributed by atoms with Gasteiger partial charge in [-0.15, -0.1) is 0 Å². The predicted octanol–water partition coefficient (Wildman–Crippen LogP) is 3.81. The van der Waals surface area contributed by atoms with E-state index < -0.39 is 0 Å². The molecular weight excluding hydrogens is 427 g/mol. The van der Waals surface area contributed by atoms with Crippen LogP contribution in [0, 0.1) is 5.92 Å². The number of amides is 2. The Labute approximate surface area is 186 Å². The van der Waals surface area contributed by atoms with Gasteiger partial charge in [-0.2, -0.15) is 0 Å². The van der Waals surface area contributed by atoms with Gasteiger partial charge in [0.2, 0.25) is 0 Å². The number of nitrogens with zero attached hydrogens (tertiary/aromatic N) is 1. The maximum atomic E-state index is 12.3. The van der Waals surface area contributed by atoms with E-state index in [2.05, 4.69) is 5.32 Å². The van der Waals surface area contributed by atoms with Crippen molar-refractivity contribution in [1.82, 2.24) is 10.2 Å². The van der Waals surface area contributed by atoms with Gasteiger partial charge in [0.05, 0.1) is 0 Å². The lowest BCUT2D eigenvalue weighted by Gasteiger charge is -2.32. The van der Waals surface area contributed by atoms with Crippen LogP contribution in [0.15, 0.2) is 48.5 Å². The van der Waals surface area contributed by atoms with E-state index in [9.17, 15) is 9.59 Å². The van der Waals surface area contributed by atoms with Crippen molar-refractivity contribution in [3.05, 3.63) is 58.6 Å². The largest absolute Gasteiger partial charge is 0.484 e. The molecule has 0 unspecified atom stereocenters. The first-order chi connectivity index (χ1) is 14.5. The quantitative estimate of drug-likeness (QED) is 0.663. The molecule has 1 N–H and O–H groups in total. The van der Waals surface area contributed by atoms with Crippen LogP contribution in [0.3, 0.4) is 0 Å². The SMILES string of the molecule is O=C(COc1ccc(Cl)cc1)NCC1CCN(C(=O)COc2ccc(Cl)cc2)CC1. The van der Waals surface area contributed by atoms with Gasteiger partial charge in [-0.05, 0) is 67.3 Å². The van der Waals surface area contributed by atoms with E-state index in [4.69, 9.17) is 32.7 Å². The number of hydrogen-bond acceptors (Lipinski definition) is 4. The summed E-state index contributed by atoms with van der Waals surface area (Å²) in [6.45, 7) is 1.85. The number of ether oxygens (including phenoxy) is 2. The molecule has 1 aliphatic heterocycles. The third-order valence-corrected chi connectivity index (χ3v) is 5.42. The molecule has 2 amide bonds. The minimum atomic E-state index is -0.167. The van der Waals surface area contributed by atoms with Crippen molar-refractivity contribution in [3.63, 3.8) is 0 Å². The van der Waals surface area contributed by atoms with Gasteiger partial charge in [0.25, 0.3) is 11.8 Å². The molecule has 0 spiro atoms. The third-order valence-electron chi connectivity index (χ3n) is 4.91. The van der Waals surface area contributed by atoms with Crippen LogP contribution >= 0.6 is 23.2 Å². The number of benzene rings is 2. The molecule has 2 aromatic carbocycles. The van der Waals surface area contributed by atoms with Crippen LogP contribution < -0.4 is 14.8 Å². The molecule has 0 aliphatic carbocycles. The van der Waals surface area contributed by atoms with E-state index in [1.807, 2.05) is 0 Å². The van der Waals surface area contributed by atoms with Gasteiger partial charge in [-0.1, -0.05) is 23.2 Å². The zero-order valence-electron chi connectivity index (χ0n) is 16.5. The highest BCUT2D eigenvalue weighted by Gasteiger charge is 2.23. The summed E-state index contributed by atoms with van der Waals surface area (Å²) in [5.74, 6) is 1.35. The molecule has 160 valence electrons. The molecule has 8 heteroatoms. The predicted molar refractivity (Wildman–Crippen MR) is 116 cm³/mol. The minimum absolute atomic E-state index is 0.00503. The fourth-order valence-corrected chi connectivity index (χ4v) is 3.39. The Balaban J connectivity index is 1.30. The summed E-state index contributed by atoms with van der Waals surface area (Å²) in [6, 6.07) is 13.8. The van der Waals surface area contributed by atoms with Crippen LogP contribution in [-0.4, -0.2) is 49.6 Å². The van der Waals surface area contributed by atoms with Crippen molar-refractivity contribution in [2.24, 2.45) is 5.92 Å². The lowest BCUT2D eigenvalue weighted by atomic mass is 9.97. The molecule has 3 rings (SSSR count). The maximum absolute atomic E-state index is 12.3. The molecule has 30 heavy (non-hydrogen) atoms. The average molecular weight is 451 g/mol. The smallest absolute Gasteiger partial charge is 0.260 e. The molecule has 1 heterocycles. The van der Waals surface area contributed by atoms with Crippen molar-refractivity contribution in [2.45, 2.75) is 12.8 Å². The number of carbonyl (C=O) groups is 2. The number of hydrogen-bond donors (Lipinski definition) is 1. The second-order valence-corrected chi connectivity index (χ2v) is 7.99. The highest BCUT2D eigenvalue weighted by molar-refractivity contribution is 6.30. The summed E-state index contributed by atoms with van der Waals surface area (Å²) < 4.78 is 11.0. The van der Waals surface area contributed by atoms with Gasteiger partial charge in [-0.3, -0.25) is 9.59 Å². The van der Waals surface area contributed by atoms with Gasteiger partial charge in [0.15, 0.2) is 13.2 Å². The van der Waals surface area contributed by atoms with Crippen LogP contribution in [0.5, 0.6) is 11.5 Å². The van der Waals surface area contributed by atoms with Gasteiger partial charge >= 0.3 is 0 Å². The molecule has 2 aromatic rings. The van der Waals surface area contributed by atoms with E-state index in [-0.39, 0.29) is 25.0 Å². The van der Waals surface area contributed by atoms with E-state index in [1.165, 1.54) is 0 Å². The second kappa shape index (κ2) is 11.1. The third kappa shape index (κ3) is 7.11. The number of carbonyl (C=O) groups excluding carboxylic acids is 2. The molecule has 6 nitrogen and oxygen atoms in total. The van der Waals surface area contributed by atoms with E-state index in [0.717, 1.165) is 12.8 Å². The number of rotatable bonds is 8. The first kappa shape index (κ1) is 22.2. The van der Waals surface area contributed by atoms with Crippen molar-refractivity contribution in [2.75, 3.05) is 32.8 Å². The fourth-order valence-electron chi connectivity index (χ4n) is 3.14. The van der Waals surface area contributed by atoms with Crippen LogP contribution in [0.1, 0.15) is 12.8 Å². The lowest BCUT2D eigenvalue weighted by Crippen LogP contribution is -2.43. The minimum Gasteiger partial charge on any atom is -0.484 e. The molecular formula is C22H24Cl2N2O4. The standard InChI is InChI=1S/C22H24Cl2N2O4/c23-17-1-5-19(6-2-17)29-14-21(27)25-13-16-9-11-26(12-10-16)22(28)15-30-20-7-3-18(24)4-8-20/h1-8,16H,9-15H2,(H,25,27). The molecule has 0 bridgehead atoms. The zero-order chi connectivity index (χ0) is 21.3. The Bertz CT molecular complexity index is 835. The number of likely N-dealkylation sites (tertiary alicyclic amines) is 1. The first-order valence-electron chi connectivity index (χ1n) is 9.81. The first-order valence-corrected chi connectivity index (χ1v) is 10.6. The highest BCUT2D eigenvalue weighted by atomic mass is 35.5. The molecule has 0 radical (unpaired) electrons. The second-order valence-electron chi connectivity index (χ2n) is 7.11. The molecule has 0 saturated carbocycles. The van der Waals surface area contributed by atoms with Gasteiger partial charge < -0.3 is 19.7 Å². The number of piperidine rings is 1. The summed E-state index contributed by atoms with van der Waals surface area (Å²) in [5.41, 5.74) is 0. The topological polar surface area (TPSA) is 67.9 Å². The van der Waals surface area contributed by atoms with Crippen molar-refractivity contribution in [3.8, 4) is 11.5 Å². The summed E-state index contributed by atoms with van der Waals surface area (Å²) in [7, 11) is 0. The summed E-state index contributed by atoms with van der Waals surface area (Å²) >= 11 is 11.7. The summed E-state index contributed by atoms with van der Waals surface area (Å²) in [6.07, 6.45) is 1.68. The molecule has 0 aromatic heterocycles. The highest BCUT2D eigenvalue weighted by Crippen LogP contribution is 2.19.